The van der Waals surface area contributed by atoms with E-state index in [1.165, 1.54) is 76.8 Å². The molecule has 0 spiro atoms. The molecular weight excluding hydrogens is 456 g/mol. The summed E-state index contributed by atoms with van der Waals surface area (Å²) in [6, 6.07) is 48.9. The first-order valence-electron chi connectivity index (χ1n) is 13.3. The number of hydrogen-bond acceptors (Lipinski definition) is 0. The number of rotatable bonds is 3. The number of aryl methyl sites for hydroxylation is 2. The van der Waals surface area contributed by atoms with E-state index in [0.717, 1.165) is 0 Å². The second-order valence-corrected chi connectivity index (χ2v) is 10.2. The first-order chi connectivity index (χ1) is 18.7. The Labute approximate surface area is 223 Å². The van der Waals surface area contributed by atoms with Crippen molar-refractivity contribution in [3.05, 3.63) is 145 Å². The van der Waals surface area contributed by atoms with Crippen molar-refractivity contribution in [3.63, 3.8) is 0 Å². The third-order valence-electron chi connectivity index (χ3n) is 7.87. The highest BCUT2D eigenvalue weighted by Gasteiger charge is 2.19. The normalized spacial score (nSPS) is 11.4. The first-order valence-corrected chi connectivity index (χ1v) is 13.3. The predicted molar refractivity (Wildman–Crippen MR) is 165 cm³/mol. The number of fused-ring (bicyclic) bond motifs is 3. The van der Waals surface area contributed by atoms with E-state index in [2.05, 4.69) is 147 Å². The van der Waals surface area contributed by atoms with Crippen molar-refractivity contribution in [2.24, 2.45) is 0 Å². The summed E-state index contributed by atoms with van der Waals surface area (Å²) in [5.74, 6) is 0. The van der Waals surface area contributed by atoms with E-state index in [1.807, 2.05) is 0 Å². The molecule has 38 heavy (non-hydrogen) atoms. The number of benzene rings is 7. The molecule has 0 saturated heterocycles. The van der Waals surface area contributed by atoms with Gasteiger partial charge in [0.25, 0.3) is 0 Å². The van der Waals surface area contributed by atoms with Gasteiger partial charge in [-0.25, -0.2) is 0 Å². The molecule has 7 rings (SSSR count). The van der Waals surface area contributed by atoms with Gasteiger partial charge in [0.2, 0.25) is 0 Å². The van der Waals surface area contributed by atoms with Crippen LogP contribution in [0.5, 0.6) is 0 Å². The van der Waals surface area contributed by atoms with Crippen molar-refractivity contribution in [3.8, 4) is 33.4 Å². The third-order valence-corrected chi connectivity index (χ3v) is 7.87. The fourth-order valence-electron chi connectivity index (χ4n) is 6.14. The largest absolute Gasteiger partial charge is 0.0620 e. The highest BCUT2D eigenvalue weighted by Crippen LogP contribution is 2.46. The summed E-state index contributed by atoms with van der Waals surface area (Å²) in [7, 11) is 0. The van der Waals surface area contributed by atoms with Crippen molar-refractivity contribution in [1.82, 2.24) is 0 Å². The van der Waals surface area contributed by atoms with Gasteiger partial charge in [-0.05, 0) is 85.1 Å². The Morgan fingerprint density at radius 3 is 1.39 bits per heavy atom. The van der Waals surface area contributed by atoms with Crippen LogP contribution in [-0.2, 0) is 0 Å². The Bertz CT molecular complexity index is 1930. The summed E-state index contributed by atoms with van der Waals surface area (Å²) >= 11 is 0. The van der Waals surface area contributed by atoms with Gasteiger partial charge in [0.05, 0.1) is 0 Å². The SMILES string of the molecule is Cc1cccc(-c2ccc(-c3c4ccccc4c(-c4ccccc4C)c4ccccc34)c3ccccc23)c1. The molecule has 7 aromatic rings. The van der Waals surface area contributed by atoms with Crippen LogP contribution in [0.3, 0.4) is 0 Å². The molecule has 0 aliphatic carbocycles. The molecule has 0 aliphatic rings. The van der Waals surface area contributed by atoms with Crippen LogP contribution in [0, 0.1) is 13.8 Å². The van der Waals surface area contributed by atoms with Gasteiger partial charge in [0, 0.05) is 0 Å². The van der Waals surface area contributed by atoms with Crippen molar-refractivity contribution < 1.29 is 0 Å². The molecule has 0 N–H and O–H groups in total. The van der Waals surface area contributed by atoms with E-state index in [-0.39, 0.29) is 0 Å². The molecule has 0 amide bonds. The van der Waals surface area contributed by atoms with Crippen LogP contribution in [0.1, 0.15) is 11.1 Å². The van der Waals surface area contributed by atoms with E-state index in [4.69, 9.17) is 0 Å². The Morgan fingerprint density at radius 1 is 0.342 bits per heavy atom. The standard InChI is InChI=1S/C38H28/c1-25-12-11-14-27(24-25)29-22-23-36(31-17-6-5-16-30(29)31)38-34-20-9-7-18-32(34)37(28-15-4-3-13-26(28)2)33-19-8-10-21-35(33)38/h3-24H,1-2H3. The van der Waals surface area contributed by atoms with E-state index >= 15 is 0 Å². The molecule has 7 aromatic carbocycles. The van der Waals surface area contributed by atoms with Gasteiger partial charge in [-0.3, -0.25) is 0 Å². The molecule has 0 radical (unpaired) electrons. The maximum atomic E-state index is 2.33. The van der Waals surface area contributed by atoms with Crippen LogP contribution in [-0.4, -0.2) is 0 Å². The second kappa shape index (κ2) is 9.01. The van der Waals surface area contributed by atoms with Crippen LogP contribution < -0.4 is 0 Å². The molecule has 0 fully saturated rings. The molecule has 0 aliphatic heterocycles. The van der Waals surface area contributed by atoms with Crippen LogP contribution in [0.25, 0.3) is 65.7 Å². The minimum Gasteiger partial charge on any atom is -0.0620 e. The molecule has 0 heterocycles. The molecule has 0 aromatic heterocycles. The highest BCUT2D eigenvalue weighted by molar-refractivity contribution is 6.24. The molecule has 0 saturated carbocycles. The third kappa shape index (κ3) is 3.53. The summed E-state index contributed by atoms with van der Waals surface area (Å²) in [6.07, 6.45) is 0. The van der Waals surface area contributed by atoms with Gasteiger partial charge in [0.1, 0.15) is 0 Å². The maximum absolute atomic E-state index is 2.33. The van der Waals surface area contributed by atoms with E-state index in [9.17, 15) is 0 Å². The van der Waals surface area contributed by atoms with E-state index < -0.39 is 0 Å². The lowest BCUT2D eigenvalue weighted by molar-refractivity contribution is 1.47. The molecule has 180 valence electrons. The zero-order chi connectivity index (χ0) is 25.6. The Balaban J connectivity index is 1.62. The zero-order valence-corrected chi connectivity index (χ0v) is 21.7. The van der Waals surface area contributed by atoms with Crippen molar-refractivity contribution in [1.29, 1.82) is 0 Å². The quantitative estimate of drug-likeness (QED) is 0.219. The van der Waals surface area contributed by atoms with Crippen LogP contribution >= 0.6 is 0 Å². The van der Waals surface area contributed by atoms with Crippen molar-refractivity contribution in [2.45, 2.75) is 13.8 Å². The lowest BCUT2D eigenvalue weighted by atomic mass is 9.83. The van der Waals surface area contributed by atoms with E-state index in [1.54, 1.807) is 0 Å². The average molecular weight is 485 g/mol. The molecule has 0 unspecified atom stereocenters. The minimum absolute atomic E-state index is 1.26. The van der Waals surface area contributed by atoms with Gasteiger partial charge < -0.3 is 0 Å². The topological polar surface area (TPSA) is 0 Å². The Kier molecular flexibility index (Phi) is 5.34. The fourth-order valence-corrected chi connectivity index (χ4v) is 6.14. The van der Waals surface area contributed by atoms with E-state index in [0.29, 0.717) is 0 Å². The van der Waals surface area contributed by atoms with Gasteiger partial charge in [-0.15, -0.1) is 0 Å². The van der Waals surface area contributed by atoms with Crippen molar-refractivity contribution in [2.75, 3.05) is 0 Å². The lowest BCUT2D eigenvalue weighted by Gasteiger charge is -2.20. The monoisotopic (exact) mass is 484 g/mol. The second-order valence-electron chi connectivity index (χ2n) is 10.2. The van der Waals surface area contributed by atoms with Crippen LogP contribution in [0.2, 0.25) is 0 Å². The van der Waals surface area contributed by atoms with Gasteiger partial charge in [-0.2, -0.15) is 0 Å². The molecule has 0 heteroatoms. The minimum atomic E-state index is 1.26. The fraction of sp³-hybridized carbons (Fsp3) is 0.0526. The molecule has 0 atom stereocenters. The van der Waals surface area contributed by atoms with Gasteiger partial charge >= 0.3 is 0 Å². The predicted octanol–water partition coefficient (Wildman–Crippen LogP) is 10.8. The summed E-state index contributed by atoms with van der Waals surface area (Å²) in [4.78, 5) is 0. The zero-order valence-electron chi connectivity index (χ0n) is 21.7. The Morgan fingerprint density at radius 2 is 0.816 bits per heavy atom. The van der Waals surface area contributed by atoms with Gasteiger partial charge in [-0.1, -0.05) is 139 Å². The summed E-state index contributed by atoms with van der Waals surface area (Å²) in [5, 5.41) is 7.73. The first kappa shape index (κ1) is 22.5. The summed E-state index contributed by atoms with van der Waals surface area (Å²) in [6.45, 7) is 4.37. The maximum Gasteiger partial charge on any atom is -0.00201 e. The van der Waals surface area contributed by atoms with Crippen LogP contribution in [0.4, 0.5) is 0 Å². The smallest absolute Gasteiger partial charge is 0.00201 e. The Hall–Kier alpha value is -4.68. The molecular formula is C38H28. The van der Waals surface area contributed by atoms with Crippen LogP contribution in [0.15, 0.2) is 133 Å². The van der Waals surface area contributed by atoms with Crippen molar-refractivity contribution >= 4 is 32.3 Å². The average Bonchev–Trinajstić information content (AvgIpc) is 2.96. The van der Waals surface area contributed by atoms with Gasteiger partial charge in [0.15, 0.2) is 0 Å². The summed E-state index contributed by atoms with van der Waals surface area (Å²) in [5.41, 5.74) is 10.3. The summed E-state index contributed by atoms with van der Waals surface area (Å²) < 4.78 is 0. The number of hydrogen-bond donors (Lipinski definition) is 0. The molecule has 0 bridgehead atoms. The molecule has 0 nitrogen and oxygen atoms in total. The lowest BCUT2D eigenvalue weighted by Crippen LogP contribution is -1.93. The highest BCUT2D eigenvalue weighted by atomic mass is 14.2.